The van der Waals surface area contributed by atoms with E-state index >= 15 is 0 Å². The van der Waals surface area contributed by atoms with Crippen LogP contribution < -0.4 is 0 Å². The highest BCUT2D eigenvalue weighted by molar-refractivity contribution is 6.13. The lowest BCUT2D eigenvalue weighted by molar-refractivity contribution is 0.668. The normalized spacial score (nSPS) is 11.9. The zero-order chi connectivity index (χ0) is 49.8. The van der Waals surface area contributed by atoms with Gasteiger partial charge in [0.15, 0.2) is 5.82 Å². The molecule has 0 unspecified atom stereocenters. The molecule has 0 radical (unpaired) electrons. The summed E-state index contributed by atoms with van der Waals surface area (Å²) in [7, 11) is 0. The summed E-state index contributed by atoms with van der Waals surface area (Å²) in [5.74, 6) is 1.56. The second kappa shape index (κ2) is 16.6. The van der Waals surface area contributed by atoms with Gasteiger partial charge in [0.1, 0.15) is 22.3 Å². The zero-order valence-corrected chi connectivity index (χ0v) is 40.7. The summed E-state index contributed by atoms with van der Waals surface area (Å²) in [5.41, 5.74) is 16.9. The number of nitrogens with zero attached hydrogens (tertiary/aromatic N) is 5. The van der Waals surface area contributed by atoms with E-state index in [0.717, 1.165) is 138 Å². The molecule has 0 fully saturated rings. The van der Waals surface area contributed by atoms with Crippen LogP contribution in [0, 0.1) is 0 Å². The molecule has 0 amide bonds. The van der Waals surface area contributed by atoms with Gasteiger partial charge < -0.3 is 8.83 Å². The average Bonchev–Trinajstić information content (AvgIpc) is 4.30. The van der Waals surface area contributed by atoms with E-state index < -0.39 is 0 Å². The minimum atomic E-state index is 0.505. The third-order valence-electron chi connectivity index (χ3n) is 15.2. The third kappa shape index (κ3) is 6.59. The van der Waals surface area contributed by atoms with Crippen molar-refractivity contribution < 1.29 is 8.83 Å². The second-order valence-electron chi connectivity index (χ2n) is 19.5. The molecule has 0 bridgehead atoms. The molecule has 7 nitrogen and oxygen atoms in total. The van der Waals surface area contributed by atoms with E-state index in [1.807, 2.05) is 24.3 Å². The number of benzene rings is 11. The van der Waals surface area contributed by atoms with Gasteiger partial charge in [-0.05, 0) is 117 Å². The summed E-state index contributed by atoms with van der Waals surface area (Å²) < 4.78 is 17.0. The highest BCUT2D eigenvalue weighted by Crippen LogP contribution is 2.41. The van der Waals surface area contributed by atoms with Crippen LogP contribution in [0.5, 0.6) is 0 Å². The predicted molar refractivity (Wildman–Crippen MR) is 310 cm³/mol. The molecule has 0 aliphatic rings. The molecule has 11 aromatic carbocycles. The van der Waals surface area contributed by atoms with Gasteiger partial charge in [-0.15, -0.1) is 0 Å². The van der Waals surface area contributed by atoms with Crippen molar-refractivity contribution in [1.29, 1.82) is 0 Å². The molecule has 0 spiro atoms. The lowest BCUT2D eigenvalue weighted by atomic mass is 9.94. The summed E-state index contributed by atoms with van der Waals surface area (Å²) in [6.45, 7) is 0. The van der Waals surface area contributed by atoms with Gasteiger partial charge in [-0.25, -0.2) is 0 Å². The molecule has 76 heavy (non-hydrogen) atoms. The van der Waals surface area contributed by atoms with Gasteiger partial charge in [-0.3, -0.25) is 9.13 Å². The Kier molecular flexibility index (Phi) is 9.20. The van der Waals surface area contributed by atoms with Crippen molar-refractivity contribution in [2.45, 2.75) is 0 Å². The molecule has 0 atom stereocenters. The zero-order valence-electron chi connectivity index (χ0n) is 40.7. The first kappa shape index (κ1) is 42.2. The molecule has 0 N–H and O–H groups in total. The first-order chi connectivity index (χ1) is 37.6. The van der Waals surface area contributed by atoms with E-state index in [1.165, 1.54) is 0 Å². The lowest BCUT2D eigenvalue weighted by Gasteiger charge is -2.16. The number of hydrogen-bond acceptors (Lipinski definition) is 5. The van der Waals surface area contributed by atoms with E-state index in [-0.39, 0.29) is 0 Å². The molecule has 5 aromatic heterocycles. The van der Waals surface area contributed by atoms with Crippen molar-refractivity contribution >= 4 is 87.5 Å². The standard InChI is InChI=1S/C69H41N5O2/c1-3-15-42(16-4-1)44-29-34-55(56(37-44)43-17-5-2-6-18-43)67-70-68(73-59-23-11-7-19-49(59)51-32-27-47(40-61(51)73)45-30-35-65-57(38-45)53-21-9-13-25-63(53)75-65)72-69(71-67)74-60-24-12-8-20-50(60)52-33-28-48(41-62(52)74)46-31-36-66-58(39-46)54-22-10-14-26-64(54)76-66/h1-41H. The lowest BCUT2D eigenvalue weighted by Crippen LogP contribution is -2.10. The monoisotopic (exact) mass is 971 g/mol. The Morgan fingerprint density at radius 2 is 0.632 bits per heavy atom. The maximum absolute atomic E-state index is 6.26. The van der Waals surface area contributed by atoms with Crippen LogP contribution in [0.25, 0.3) is 155 Å². The summed E-state index contributed by atoms with van der Waals surface area (Å²) in [5, 5.41) is 8.75. The molecule has 16 rings (SSSR count). The SMILES string of the molecule is c1ccc(-c2ccc(-c3nc(-n4c5ccccc5c5ccc(-c6ccc7oc8ccccc8c7c6)cc54)nc(-n4c5ccccc5c5ccc(-c6ccc7oc8ccccc8c7c6)cc54)n3)c(-c3ccccc3)c2)cc1. The molecule has 0 saturated carbocycles. The maximum atomic E-state index is 6.26. The Morgan fingerprint density at radius 3 is 1.17 bits per heavy atom. The van der Waals surface area contributed by atoms with Crippen LogP contribution in [0.1, 0.15) is 0 Å². The first-order valence-electron chi connectivity index (χ1n) is 25.6. The van der Waals surface area contributed by atoms with Gasteiger partial charge in [0.05, 0.1) is 22.1 Å². The Bertz CT molecular complexity index is 4750. The van der Waals surface area contributed by atoms with Gasteiger partial charge in [-0.2, -0.15) is 15.0 Å². The molecule has 354 valence electrons. The van der Waals surface area contributed by atoms with Crippen molar-refractivity contribution in [2.75, 3.05) is 0 Å². The summed E-state index contributed by atoms with van der Waals surface area (Å²) in [6.07, 6.45) is 0. The smallest absolute Gasteiger partial charge is 0.240 e. The van der Waals surface area contributed by atoms with Gasteiger partial charge in [0.2, 0.25) is 11.9 Å². The van der Waals surface area contributed by atoms with E-state index in [4.69, 9.17) is 23.8 Å². The van der Waals surface area contributed by atoms with Crippen LogP contribution >= 0.6 is 0 Å². The molecule has 0 aliphatic heterocycles. The minimum absolute atomic E-state index is 0.505. The number of furan rings is 2. The number of para-hydroxylation sites is 4. The quantitative estimate of drug-likeness (QED) is 0.159. The van der Waals surface area contributed by atoms with Crippen LogP contribution in [0.4, 0.5) is 0 Å². The van der Waals surface area contributed by atoms with Crippen molar-refractivity contribution in [3.05, 3.63) is 249 Å². The fourth-order valence-corrected chi connectivity index (χ4v) is 11.6. The molecular formula is C69H41N5O2. The van der Waals surface area contributed by atoms with Gasteiger partial charge in [0.25, 0.3) is 0 Å². The highest BCUT2D eigenvalue weighted by atomic mass is 16.3. The van der Waals surface area contributed by atoms with E-state index in [2.05, 4.69) is 234 Å². The van der Waals surface area contributed by atoms with Crippen LogP contribution in [-0.4, -0.2) is 24.1 Å². The largest absolute Gasteiger partial charge is 0.456 e. The Labute approximate surface area is 434 Å². The number of fused-ring (bicyclic) bond motifs is 12. The number of rotatable bonds is 7. The van der Waals surface area contributed by atoms with Crippen LogP contribution in [-0.2, 0) is 0 Å². The third-order valence-corrected chi connectivity index (χ3v) is 15.2. The summed E-state index contributed by atoms with van der Waals surface area (Å²) in [6, 6.07) is 87.6. The Hall–Kier alpha value is -10.4. The predicted octanol–water partition coefficient (Wildman–Crippen LogP) is 18.2. The van der Waals surface area contributed by atoms with Gasteiger partial charge >= 0.3 is 0 Å². The number of aromatic nitrogens is 5. The molecule has 0 saturated heterocycles. The fraction of sp³-hybridized carbons (Fsp3) is 0. The van der Waals surface area contributed by atoms with Crippen molar-refractivity contribution in [3.63, 3.8) is 0 Å². The van der Waals surface area contributed by atoms with E-state index in [1.54, 1.807) is 0 Å². The molecule has 0 aliphatic carbocycles. The van der Waals surface area contributed by atoms with Crippen LogP contribution in [0.3, 0.4) is 0 Å². The van der Waals surface area contributed by atoms with E-state index in [0.29, 0.717) is 17.7 Å². The average molecular weight is 972 g/mol. The maximum Gasteiger partial charge on any atom is 0.240 e. The number of hydrogen-bond donors (Lipinski definition) is 0. The van der Waals surface area contributed by atoms with Crippen molar-refractivity contribution in [2.24, 2.45) is 0 Å². The first-order valence-corrected chi connectivity index (χ1v) is 25.6. The Balaban J connectivity index is 0.967. The topological polar surface area (TPSA) is 74.8 Å². The second-order valence-corrected chi connectivity index (χ2v) is 19.5. The van der Waals surface area contributed by atoms with E-state index in [9.17, 15) is 0 Å². The fourth-order valence-electron chi connectivity index (χ4n) is 11.6. The molecular weight excluding hydrogens is 931 g/mol. The van der Waals surface area contributed by atoms with Crippen molar-refractivity contribution in [3.8, 4) is 67.8 Å². The minimum Gasteiger partial charge on any atom is -0.456 e. The molecule has 5 heterocycles. The van der Waals surface area contributed by atoms with Crippen LogP contribution in [0.2, 0.25) is 0 Å². The highest BCUT2D eigenvalue weighted by Gasteiger charge is 2.23. The van der Waals surface area contributed by atoms with Gasteiger partial charge in [-0.1, -0.05) is 176 Å². The molecule has 16 aromatic rings. The Morgan fingerprint density at radius 1 is 0.237 bits per heavy atom. The summed E-state index contributed by atoms with van der Waals surface area (Å²) >= 11 is 0. The van der Waals surface area contributed by atoms with Crippen LogP contribution in [0.15, 0.2) is 258 Å². The summed E-state index contributed by atoms with van der Waals surface area (Å²) in [4.78, 5) is 16.8. The molecule has 7 heteroatoms. The van der Waals surface area contributed by atoms with Crippen molar-refractivity contribution in [1.82, 2.24) is 24.1 Å². The van der Waals surface area contributed by atoms with Gasteiger partial charge in [0, 0.05) is 48.7 Å².